The normalized spacial score (nSPS) is 15.7. The smallest absolute Gasteiger partial charge is 0.0632 e. The number of hydrogen-bond acceptors (Lipinski definition) is 0. The molecule has 0 N–H and O–H groups in total. The predicted molar refractivity (Wildman–Crippen MR) is 519 cm³/mol. The van der Waals surface area contributed by atoms with Gasteiger partial charge in [0.2, 0.25) is 0 Å². The van der Waals surface area contributed by atoms with Crippen LogP contribution in [0, 0.1) is 47.4 Å². The molecular weight excluding hydrogens is 1520 g/mol. The van der Waals surface area contributed by atoms with E-state index < -0.39 is 39.9 Å². The van der Waals surface area contributed by atoms with E-state index in [9.17, 15) is 0 Å². The van der Waals surface area contributed by atoms with Crippen molar-refractivity contribution < 1.29 is 0 Å². The second kappa shape index (κ2) is 34.4. The van der Waals surface area contributed by atoms with Crippen LogP contribution >= 0.6 is 29.0 Å². The Morgan fingerprint density at radius 2 is 0.342 bits per heavy atom. The minimum absolute atomic E-state index is 0.688. The Hall–Kier alpha value is -12.5. The summed E-state index contributed by atoms with van der Waals surface area (Å²) in [5.74, 6) is 32.0. The molecule has 4 heteroatoms. The summed E-state index contributed by atoms with van der Waals surface area (Å²) in [7, 11) is -9.16. The van der Waals surface area contributed by atoms with E-state index in [4.69, 9.17) is 0 Å². The molecule has 2 aliphatic carbocycles. The number of fused-ring (bicyclic) bond motifs is 6. The van der Waals surface area contributed by atoms with Crippen LogP contribution in [0.2, 0.25) is 0 Å². The first kappa shape index (κ1) is 77.4. The molecule has 0 amide bonds. The zero-order valence-corrected chi connectivity index (χ0v) is 71.0. The predicted octanol–water partition coefficient (Wildman–Crippen LogP) is 23.0. The van der Waals surface area contributed by atoms with Crippen molar-refractivity contribution in [2.45, 2.75) is 23.7 Å². The zero-order chi connectivity index (χ0) is 80.5. The van der Waals surface area contributed by atoms with Crippen molar-refractivity contribution in [3.8, 4) is 69.6 Å². The summed E-state index contributed by atoms with van der Waals surface area (Å²) in [6.45, 7) is 0. The van der Waals surface area contributed by atoms with Crippen LogP contribution in [0.25, 0.3) is 22.3 Å². The minimum atomic E-state index is -2.38. The summed E-state index contributed by atoms with van der Waals surface area (Å²) in [5.41, 5.74) is 17.3. The molecule has 0 nitrogen and oxygen atoms in total. The molecule has 0 spiro atoms. The van der Waals surface area contributed by atoms with Gasteiger partial charge in [-0.25, -0.2) is 0 Å². The Morgan fingerprint density at radius 3 is 0.525 bits per heavy atom. The first-order chi connectivity index (χ1) is 59.4. The second-order valence-electron chi connectivity index (χ2n) is 32.0. The molecule has 16 aromatic carbocycles. The van der Waals surface area contributed by atoms with Crippen LogP contribution in [-0.4, -0.2) is 49.3 Å². The summed E-state index contributed by atoms with van der Waals surface area (Å²) in [4.78, 5) is 0. The van der Waals surface area contributed by atoms with E-state index in [-0.39, 0.29) is 0 Å². The second-order valence-corrected chi connectivity index (χ2v) is 46.9. The Kier molecular flexibility index (Phi) is 22.2. The molecule has 0 aromatic heterocycles. The Labute approximate surface area is 712 Å². The van der Waals surface area contributed by atoms with E-state index in [1.165, 1.54) is 109 Å². The van der Waals surface area contributed by atoms with E-state index in [1.807, 2.05) is 0 Å². The fraction of sp³-hybridized carbons (Fsp3) is 0.103. The van der Waals surface area contributed by atoms with Gasteiger partial charge in [-0.15, -0.1) is 0 Å². The molecule has 1 aliphatic heterocycles. The summed E-state index contributed by atoms with van der Waals surface area (Å²) in [6.07, 6.45) is 8.80. The third-order valence-electron chi connectivity index (χ3n) is 25.6. The quantitative estimate of drug-likeness (QED) is 0.0845. The van der Waals surface area contributed by atoms with Gasteiger partial charge in [0, 0.05) is 22.3 Å². The highest BCUT2D eigenvalue weighted by molar-refractivity contribution is 7.93. The van der Waals surface area contributed by atoms with Crippen molar-refractivity contribution >= 4 is 71.5 Å². The van der Waals surface area contributed by atoms with E-state index in [0.717, 1.165) is 72.1 Å². The zero-order valence-electron chi connectivity index (χ0n) is 67.4. The Balaban J connectivity index is 0.812. The molecule has 8 bridgehead atoms. The highest BCUT2D eigenvalue weighted by Crippen LogP contribution is 2.65. The summed E-state index contributed by atoms with van der Waals surface area (Å²) in [6, 6.07) is 165. The molecule has 0 radical (unpaired) electrons. The summed E-state index contributed by atoms with van der Waals surface area (Å²) in [5, 5.41) is 11.0. The van der Waals surface area contributed by atoms with Crippen molar-refractivity contribution in [2.75, 3.05) is 49.3 Å². The largest absolute Gasteiger partial charge is 0.129 e. The van der Waals surface area contributed by atoms with Gasteiger partial charge in [0.15, 0.2) is 0 Å². The molecule has 1 heterocycles. The molecule has 0 fully saturated rings. The molecule has 0 unspecified atom stereocenters. The van der Waals surface area contributed by atoms with E-state index in [2.05, 4.69) is 484 Å². The van der Waals surface area contributed by atoms with Gasteiger partial charge in [-0.1, -0.05) is 339 Å². The van der Waals surface area contributed by atoms with Gasteiger partial charge < -0.3 is 0 Å². The van der Waals surface area contributed by atoms with Crippen LogP contribution in [0.4, 0.5) is 0 Å². The van der Waals surface area contributed by atoms with Gasteiger partial charge in [-0.3, -0.25) is 0 Å². The molecule has 120 heavy (non-hydrogen) atoms. The van der Waals surface area contributed by atoms with Crippen LogP contribution in [0.15, 0.2) is 437 Å². The topological polar surface area (TPSA) is 0 Å². The van der Waals surface area contributed by atoms with Gasteiger partial charge in [0.25, 0.3) is 0 Å². The van der Waals surface area contributed by atoms with E-state index in [1.54, 1.807) is 0 Å². The van der Waals surface area contributed by atoms with Crippen LogP contribution < -0.4 is 42.4 Å². The molecule has 572 valence electrons. The third kappa shape index (κ3) is 14.3. The number of benzene rings is 16. The standard InChI is InChI=1S/C116H92P4/c1-13-47-95(48-14-1)115(96-49-15-2-16-50-96)111-87-91-43-39-81-117(99-55-21-5-22-56-99,100-57-23-6-24-58-100)79-37-38-80-118(101-59-25-7-26-60-101,102-61-27-8-28-62-102)82-40-44-92-72-76-108-110-78-74-94(90-114(110)116(112(108)88-92,97-51-17-3-18-52-97)98-53-19-4-20-54-98)46-42-84-120(105-67-33-11-34-68-105,106-69-35-12-36-70-106)86-85-119(103-63-29-9-30-64-103,104-65-31-10-32-66-104)83-41-45-93-73-77-109(113(115)89-93)107(111)75-71-91/h1-36,47-78,87-90H,37-38,79-86H2/q+4. The van der Waals surface area contributed by atoms with Crippen LogP contribution in [0.3, 0.4) is 0 Å². The minimum Gasteiger partial charge on any atom is -0.0632 e. The maximum absolute atomic E-state index is 4.07. The molecular formula is C116H92P4+4. The Bertz CT molecular complexity index is 5930. The van der Waals surface area contributed by atoms with Crippen molar-refractivity contribution in [1.29, 1.82) is 0 Å². The van der Waals surface area contributed by atoms with Crippen molar-refractivity contribution in [3.05, 3.63) is 504 Å². The first-order valence-corrected chi connectivity index (χ1v) is 50.8. The molecule has 0 atom stereocenters. The molecule has 0 saturated carbocycles. The van der Waals surface area contributed by atoms with Crippen LogP contribution in [-0.2, 0) is 10.8 Å². The first-order valence-electron chi connectivity index (χ1n) is 42.1. The van der Waals surface area contributed by atoms with Crippen LogP contribution in [0.1, 0.15) is 79.6 Å². The lowest BCUT2D eigenvalue weighted by molar-refractivity contribution is 0.768. The SMILES string of the molecule is C1#Cc2ccc3c(c2)C(c2ccccc2)(c2ccccc2)c2cc(ccc2-3)C#CC[P+](c2ccccc2)(c2ccccc2)CC[P+](c2ccccc2)(c2ccccc2)CC#Cc2ccc3c(c2)C(c2ccccc2)(c2ccccc2)c2cc(ccc2-3)C#CC[P+](c2ccccc2)(c2ccccc2)CCCC[P+](c2ccccc2)(c2ccccc2)C1. The molecule has 3 aliphatic rings. The van der Waals surface area contributed by atoms with Gasteiger partial charge in [0.1, 0.15) is 79.4 Å². The fourth-order valence-corrected chi connectivity index (χ4v) is 36.8. The molecule has 0 saturated heterocycles. The average Bonchev–Trinajstić information content (AvgIpc) is 1.54. The average molecular weight is 1610 g/mol. The molecule has 16 aromatic rings. The van der Waals surface area contributed by atoms with Gasteiger partial charge in [-0.05, 0) is 225 Å². The fourth-order valence-electron chi connectivity index (χ4n) is 19.9. The van der Waals surface area contributed by atoms with Crippen molar-refractivity contribution in [3.63, 3.8) is 0 Å². The maximum Gasteiger partial charge on any atom is 0.129 e. The lowest BCUT2D eigenvalue weighted by Crippen LogP contribution is -2.33. The lowest BCUT2D eigenvalue weighted by Gasteiger charge is -2.34. The van der Waals surface area contributed by atoms with Crippen LogP contribution in [0.5, 0.6) is 0 Å². The molecule has 19 rings (SSSR count). The van der Waals surface area contributed by atoms with E-state index >= 15 is 0 Å². The highest BCUT2D eigenvalue weighted by atomic mass is 31.2. The lowest BCUT2D eigenvalue weighted by atomic mass is 9.67. The Morgan fingerprint density at radius 1 is 0.175 bits per heavy atom. The number of rotatable bonds is 12. The maximum atomic E-state index is 4.07. The van der Waals surface area contributed by atoms with Gasteiger partial charge >= 0.3 is 0 Å². The highest BCUT2D eigenvalue weighted by Gasteiger charge is 2.53. The van der Waals surface area contributed by atoms with Gasteiger partial charge in [-0.2, -0.15) is 0 Å². The summed E-state index contributed by atoms with van der Waals surface area (Å²) >= 11 is 0. The van der Waals surface area contributed by atoms with Crippen molar-refractivity contribution in [2.24, 2.45) is 0 Å². The number of hydrogen-bond donors (Lipinski definition) is 0. The third-order valence-corrected chi connectivity index (χ3v) is 43.2. The van der Waals surface area contributed by atoms with Gasteiger partial charge in [0.05, 0.1) is 52.2 Å². The summed E-state index contributed by atoms with van der Waals surface area (Å²) < 4.78 is 0. The monoisotopic (exact) mass is 1610 g/mol. The van der Waals surface area contributed by atoms with Crippen molar-refractivity contribution in [1.82, 2.24) is 0 Å². The van der Waals surface area contributed by atoms with E-state index in [0.29, 0.717) is 12.3 Å².